The number of nitrogens with one attached hydrogen (secondary N) is 2. The third-order valence-corrected chi connectivity index (χ3v) is 6.32. The maximum atomic E-state index is 12.2. The van der Waals surface area contributed by atoms with Crippen LogP contribution in [0.15, 0.2) is 60.7 Å². The number of carbonyl (C=O) groups is 4. The van der Waals surface area contributed by atoms with Gasteiger partial charge in [0.25, 0.3) is 0 Å². The summed E-state index contributed by atoms with van der Waals surface area (Å²) in [6, 6.07) is 18.6. The molecule has 0 spiro atoms. The van der Waals surface area contributed by atoms with Gasteiger partial charge in [0, 0.05) is 23.7 Å². The fraction of sp³-hybridized carbons (Fsp3) is 0.500. The summed E-state index contributed by atoms with van der Waals surface area (Å²) in [7, 11) is 0. The average molecular weight is 799 g/mol. The summed E-state index contributed by atoms with van der Waals surface area (Å²) in [6.45, 7) is 11.8. The zero-order chi connectivity index (χ0) is 34.6. The Morgan fingerprint density at radius 3 is 1.53 bits per heavy atom. The molecule has 0 unspecified atom stereocenters. The standard InChI is InChI=1S/C16H22N2O4.C13H18N2O4.C3H6Br2.Na.H/c1-16(2,3)22-15(20)18-11-7-10-17(18)14(19)21-12-13-8-5-4-6-9-13;1-13(2,3)19-12(17)15-14-11(16)18-9-10-7-5-4-6-8-10;4-2-1-3-5;;/h4-6,8-9H,7,10-12H2,1-3H3;4-8H,9H2,1-3H3,(H,14,16)(H,15,17);1-3H2;;/q;;;+1;-1. The van der Waals surface area contributed by atoms with Crippen LogP contribution >= 0.6 is 31.9 Å². The minimum atomic E-state index is -0.755. The van der Waals surface area contributed by atoms with Crippen LogP contribution in [0.3, 0.4) is 0 Å². The Hall–Kier alpha value is -2.52. The van der Waals surface area contributed by atoms with E-state index in [1.165, 1.54) is 16.4 Å². The molecule has 2 N–H and O–H groups in total. The van der Waals surface area contributed by atoms with E-state index < -0.39 is 35.6 Å². The van der Waals surface area contributed by atoms with Crippen LogP contribution in [0.1, 0.15) is 66.9 Å². The molecule has 2 aromatic carbocycles. The molecule has 0 bridgehead atoms. The van der Waals surface area contributed by atoms with Gasteiger partial charge in [-0.2, -0.15) is 0 Å². The first-order valence-electron chi connectivity index (χ1n) is 14.7. The van der Waals surface area contributed by atoms with Gasteiger partial charge in [0.1, 0.15) is 24.4 Å². The van der Waals surface area contributed by atoms with Crippen molar-refractivity contribution in [3.8, 4) is 0 Å². The monoisotopic (exact) mass is 796 g/mol. The minimum absolute atomic E-state index is 0. The van der Waals surface area contributed by atoms with Crippen molar-refractivity contribution in [1.29, 1.82) is 0 Å². The van der Waals surface area contributed by atoms with Crippen LogP contribution < -0.4 is 40.4 Å². The summed E-state index contributed by atoms with van der Waals surface area (Å²) in [4.78, 5) is 46.8. The van der Waals surface area contributed by atoms with Crippen molar-refractivity contribution < 1.29 is 69.1 Å². The van der Waals surface area contributed by atoms with Crippen LogP contribution in [0.2, 0.25) is 0 Å². The van der Waals surface area contributed by atoms with E-state index >= 15 is 0 Å². The molecular formula is C32H47Br2N4NaO8. The van der Waals surface area contributed by atoms with Gasteiger partial charge in [-0.3, -0.25) is 0 Å². The average Bonchev–Trinajstić information content (AvgIpc) is 3.49. The maximum Gasteiger partial charge on any atom is 1.00 e. The molecule has 0 aliphatic carbocycles. The summed E-state index contributed by atoms with van der Waals surface area (Å²) in [6.07, 6.45) is -0.632. The quantitative estimate of drug-likeness (QED) is 0.184. The Morgan fingerprint density at radius 1 is 0.681 bits per heavy atom. The molecular weight excluding hydrogens is 751 g/mol. The summed E-state index contributed by atoms with van der Waals surface area (Å²) in [5, 5.41) is 4.83. The summed E-state index contributed by atoms with van der Waals surface area (Å²) >= 11 is 6.56. The van der Waals surface area contributed by atoms with E-state index in [0.717, 1.165) is 21.8 Å². The second kappa shape index (κ2) is 23.7. The zero-order valence-electron chi connectivity index (χ0n) is 29.3. The molecule has 47 heavy (non-hydrogen) atoms. The number of benzene rings is 2. The van der Waals surface area contributed by atoms with Crippen molar-refractivity contribution in [2.45, 2.75) is 78.8 Å². The van der Waals surface area contributed by atoms with E-state index in [0.29, 0.717) is 19.5 Å². The number of rotatable bonds is 6. The van der Waals surface area contributed by atoms with E-state index in [4.69, 9.17) is 18.9 Å². The molecule has 1 aliphatic heterocycles. The Bertz CT molecular complexity index is 1200. The zero-order valence-corrected chi connectivity index (χ0v) is 33.5. The third-order valence-electron chi connectivity index (χ3n) is 5.20. The molecule has 1 saturated heterocycles. The predicted molar refractivity (Wildman–Crippen MR) is 183 cm³/mol. The minimum Gasteiger partial charge on any atom is -1.00 e. The number of alkyl halides is 2. The van der Waals surface area contributed by atoms with Gasteiger partial charge in [-0.25, -0.2) is 40.0 Å². The van der Waals surface area contributed by atoms with E-state index in [1.807, 2.05) is 60.7 Å². The molecule has 0 atom stereocenters. The SMILES string of the molecule is BrCCCBr.CC(C)(C)OC(=O)N1CCCN1C(=O)OCc1ccccc1.CC(C)(C)OC(=O)NNC(=O)OCc1ccccc1.[H-].[Na+]. The number of hydrogen-bond acceptors (Lipinski definition) is 8. The van der Waals surface area contributed by atoms with E-state index in [1.54, 1.807) is 41.5 Å². The van der Waals surface area contributed by atoms with Crippen molar-refractivity contribution >= 4 is 56.2 Å². The molecule has 1 heterocycles. The smallest absolute Gasteiger partial charge is 1.00 e. The molecule has 0 radical (unpaired) electrons. The number of nitrogens with zero attached hydrogens (tertiary/aromatic N) is 2. The second-order valence-corrected chi connectivity index (χ2v) is 13.3. The number of ether oxygens (including phenoxy) is 4. The van der Waals surface area contributed by atoms with E-state index in [2.05, 4.69) is 42.7 Å². The molecule has 12 nitrogen and oxygen atoms in total. The Balaban J connectivity index is 0. The Morgan fingerprint density at radius 2 is 1.11 bits per heavy atom. The molecule has 3 rings (SSSR count). The fourth-order valence-electron chi connectivity index (χ4n) is 3.32. The largest absolute Gasteiger partial charge is 1.00 e. The van der Waals surface area contributed by atoms with Gasteiger partial charge in [-0.15, -0.1) is 0 Å². The summed E-state index contributed by atoms with van der Waals surface area (Å²) < 4.78 is 20.4. The van der Waals surface area contributed by atoms with Crippen molar-refractivity contribution in [3.63, 3.8) is 0 Å². The van der Waals surface area contributed by atoms with Gasteiger partial charge in [-0.05, 0) is 65.5 Å². The molecule has 4 amide bonds. The van der Waals surface area contributed by atoms with Gasteiger partial charge in [0.05, 0.1) is 0 Å². The molecule has 258 valence electrons. The van der Waals surface area contributed by atoms with Gasteiger partial charge in [-0.1, -0.05) is 92.5 Å². The van der Waals surface area contributed by atoms with Crippen LogP contribution in [-0.4, -0.2) is 69.3 Å². The van der Waals surface area contributed by atoms with Crippen LogP contribution in [0.4, 0.5) is 19.2 Å². The van der Waals surface area contributed by atoms with Crippen LogP contribution in [0, 0.1) is 0 Å². The number of halogens is 2. The first-order chi connectivity index (χ1) is 21.6. The maximum absolute atomic E-state index is 12.2. The third kappa shape index (κ3) is 21.9. The number of hydrogen-bond donors (Lipinski definition) is 2. The van der Waals surface area contributed by atoms with E-state index in [9.17, 15) is 19.2 Å². The number of carbonyl (C=O) groups excluding carboxylic acids is 4. The second-order valence-electron chi connectivity index (χ2n) is 11.7. The van der Waals surface area contributed by atoms with Crippen molar-refractivity contribution in [2.24, 2.45) is 0 Å². The van der Waals surface area contributed by atoms with Crippen molar-refractivity contribution in [3.05, 3.63) is 71.8 Å². The van der Waals surface area contributed by atoms with Gasteiger partial charge < -0.3 is 20.4 Å². The van der Waals surface area contributed by atoms with Crippen molar-refractivity contribution in [1.82, 2.24) is 20.9 Å². The molecule has 0 saturated carbocycles. The van der Waals surface area contributed by atoms with Crippen LogP contribution in [0.5, 0.6) is 0 Å². The Kier molecular flexibility index (Phi) is 22.5. The molecule has 2 aromatic rings. The number of hydrazine groups is 2. The topological polar surface area (TPSA) is 136 Å². The van der Waals surface area contributed by atoms with Crippen LogP contribution in [0.25, 0.3) is 0 Å². The first-order valence-corrected chi connectivity index (χ1v) is 17.0. The van der Waals surface area contributed by atoms with Gasteiger partial charge in [0.15, 0.2) is 0 Å². The summed E-state index contributed by atoms with van der Waals surface area (Å²) in [5.41, 5.74) is 4.71. The first kappa shape index (κ1) is 44.5. The summed E-state index contributed by atoms with van der Waals surface area (Å²) in [5.74, 6) is 0. The van der Waals surface area contributed by atoms with Gasteiger partial charge in [0.2, 0.25) is 0 Å². The fourth-order valence-corrected chi connectivity index (χ4v) is 4.63. The van der Waals surface area contributed by atoms with Crippen molar-refractivity contribution in [2.75, 3.05) is 23.7 Å². The van der Waals surface area contributed by atoms with Gasteiger partial charge >= 0.3 is 53.9 Å². The van der Waals surface area contributed by atoms with E-state index in [-0.39, 0.29) is 44.2 Å². The number of amides is 4. The molecule has 1 aliphatic rings. The Labute approximate surface area is 318 Å². The predicted octanol–water partition coefficient (Wildman–Crippen LogP) is 4.82. The normalized spacial score (nSPS) is 12.1. The van der Waals surface area contributed by atoms with Crippen LogP contribution in [-0.2, 0) is 32.2 Å². The molecule has 1 fully saturated rings. The molecule has 15 heteroatoms. The molecule has 0 aromatic heterocycles.